The first-order valence-electron chi connectivity index (χ1n) is 6.39. The molecule has 0 aromatic rings. The highest BCUT2D eigenvalue weighted by Gasteiger charge is 2.24. The average molecular weight is 227 g/mol. The molecule has 1 rings (SSSR count). The molecule has 0 saturated carbocycles. The van der Waals surface area contributed by atoms with E-state index in [9.17, 15) is 4.79 Å². The number of amides is 1. The van der Waals surface area contributed by atoms with Crippen molar-refractivity contribution in [3.05, 3.63) is 0 Å². The second-order valence-corrected chi connectivity index (χ2v) is 4.82. The number of hydrogen-bond donors (Lipinski definition) is 2. The number of nitrogens with two attached hydrogens (primary N) is 1. The summed E-state index contributed by atoms with van der Waals surface area (Å²) in [6, 6.07) is 1.08. The van der Waals surface area contributed by atoms with Crippen molar-refractivity contribution in [1.29, 1.82) is 0 Å². The van der Waals surface area contributed by atoms with E-state index in [2.05, 4.69) is 24.1 Å². The van der Waals surface area contributed by atoms with Crippen molar-refractivity contribution in [3.8, 4) is 0 Å². The Labute approximate surface area is 98.6 Å². The zero-order valence-electron chi connectivity index (χ0n) is 10.5. The van der Waals surface area contributed by atoms with Crippen molar-refractivity contribution in [1.82, 2.24) is 10.2 Å². The summed E-state index contributed by atoms with van der Waals surface area (Å²) in [5.74, 6) is -0.206. The van der Waals surface area contributed by atoms with Gasteiger partial charge in [-0.25, -0.2) is 0 Å². The molecule has 2 atom stereocenters. The predicted octanol–water partition coefficient (Wildman–Crippen LogP) is 0.714. The van der Waals surface area contributed by atoms with Crippen molar-refractivity contribution in [3.63, 3.8) is 0 Å². The molecule has 1 aliphatic heterocycles. The van der Waals surface area contributed by atoms with E-state index in [4.69, 9.17) is 5.73 Å². The molecule has 2 unspecified atom stereocenters. The number of primary amides is 1. The summed E-state index contributed by atoms with van der Waals surface area (Å²) in [6.07, 6.45) is 4.56. The smallest absolute Gasteiger partial charge is 0.231 e. The van der Waals surface area contributed by atoms with Gasteiger partial charge in [0.25, 0.3) is 0 Å². The van der Waals surface area contributed by atoms with Crippen LogP contribution in [0.25, 0.3) is 0 Å². The van der Waals surface area contributed by atoms with Crippen LogP contribution in [0.1, 0.15) is 39.5 Å². The summed E-state index contributed by atoms with van der Waals surface area (Å²) in [4.78, 5) is 13.3. The maximum Gasteiger partial charge on any atom is 0.231 e. The molecule has 1 saturated heterocycles. The van der Waals surface area contributed by atoms with Crippen molar-refractivity contribution in [2.75, 3.05) is 19.6 Å². The molecule has 4 heteroatoms. The van der Waals surface area contributed by atoms with E-state index in [1.54, 1.807) is 0 Å². The number of rotatable bonds is 6. The van der Waals surface area contributed by atoms with E-state index in [0.29, 0.717) is 18.6 Å². The van der Waals surface area contributed by atoms with E-state index < -0.39 is 0 Å². The maximum atomic E-state index is 11.1. The quantitative estimate of drug-likeness (QED) is 0.703. The topological polar surface area (TPSA) is 58.4 Å². The lowest BCUT2D eigenvalue weighted by Gasteiger charge is -2.36. The van der Waals surface area contributed by atoms with Crippen LogP contribution in [-0.4, -0.2) is 42.5 Å². The summed E-state index contributed by atoms with van der Waals surface area (Å²) in [7, 11) is 0. The van der Waals surface area contributed by atoms with Gasteiger partial charge in [-0.05, 0) is 39.3 Å². The highest BCUT2D eigenvalue weighted by atomic mass is 16.1. The minimum absolute atomic E-state index is 0.206. The summed E-state index contributed by atoms with van der Waals surface area (Å²) < 4.78 is 0. The van der Waals surface area contributed by atoms with Crippen LogP contribution < -0.4 is 11.1 Å². The van der Waals surface area contributed by atoms with E-state index in [1.807, 2.05) is 0 Å². The molecular formula is C12H25N3O. The van der Waals surface area contributed by atoms with E-state index in [1.165, 1.54) is 0 Å². The van der Waals surface area contributed by atoms with Crippen LogP contribution in [0.4, 0.5) is 0 Å². The Morgan fingerprint density at radius 1 is 1.56 bits per heavy atom. The molecule has 16 heavy (non-hydrogen) atoms. The monoisotopic (exact) mass is 227 g/mol. The number of nitrogens with one attached hydrogen (secondary N) is 1. The second-order valence-electron chi connectivity index (χ2n) is 4.82. The Morgan fingerprint density at radius 3 is 2.88 bits per heavy atom. The highest BCUT2D eigenvalue weighted by molar-refractivity contribution is 5.75. The Balaban J connectivity index is 2.48. The van der Waals surface area contributed by atoms with Gasteiger partial charge in [0.05, 0.1) is 6.54 Å². The molecule has 94 valence electrons. The lowest BCUT2D eigenvalue weighted by molar-refractivity contribution is -0.119. The first-order chi connectivity index (χ1) is 7.63. The summed E-state index contributed by atoms with van der Waals surface area (Å²) >= 11 is 0. The van der Waals surface area contributed by atoms with Crippen LogP contribution in [0.3, 0.4) is 0 Å². The van der Waals surface area contributed by atoms with Gasteiger partial charge in [-0.15, -0.1) is 0 Å². The fourth-order valence-corrected chi connectivity index (χ4v) is 2.39. The minimum Gasteiger partial charge on any atom is -0.369 e. The third-order valence-corrected chi connectivity index (χ3v) is 3.27. The second kappa shape index (κ2) is 6.86. The minimum atomic E-state index is -0.206. The lowest BCUT2D eigenvalue weighted by Crippen LogP contribution is -2.49. The number of piperidine rings is 1. The molecule has 0 aliphatic carbocycles. The van der Waals surface area contributed by atoms with E-state index in [0.717, 1.165) is 38.8 Å². The lowest BCUT2D eigenvalue weighted by atomic mass is 9.98. The van der Waals surface area contributed by atoms with Crippen molar-refractivity contribution < 1.29 is 4.79 Å². The Bertz CT molecular complexity index is 220. The molecule has 1 amide bonds. The van der Waals surface area contributed by atoms with Crippen LogP contribution >= 0.6 is 0 Å². The fraction of sp³-hybridized carbons (Fsp3) is 0.917. The summed E-state index contributed by atoms with van der Waals surface area (Å²) in [5.41, 5.74) is 5.31. The molecule has 3 N–H and O–H groups in total. The van der Waals surface area contributed by atoms with Gasteiger partial charge in [0.2, 0.25) is 5.91 Å². The van der Waals surface area contributed by atoms with Gasteiger partial charge < -0.3 is 11.1 Å². The highest BCUT2D eigenvalue weighted by Crippen LogP contribution is 2.15. The Hall–Kier alpha value is -0.610. The molecule has 0 spiro atoms. The molecular weight excluding hydrogens is 202 g/mol. The predicted molar refractivity (Wildman–Crippen MR) is 66.2 cm³/mol. The third-order valence-electron chi connectivity index (χ3n) is 3.27. The van der Waals surface area contributed by atoms with Crippen LogP contribution in [-0.2, 0) is 4.79 Å². The van der Waals surface area contributed by atoms with Crippen molar-refractivity contribution in [2.24, 2.45) is 5.73 Å². The van der Waals surface area contributed by atoms with Crippen LogP contribution in [0.2, 0.25) is 0 Å². The maximum absolute atomic E-state index is 11.1. The third kappa shape index (κ3) is 4.49. The number of carbonyl (C=O) groups excluding carboxylic acids is 1. The number of hydrogen-bond acceptors (Lipinski definition) is 3. The van der Waals surface area contributed by atoms with Crippen LogP contribution in [0, 0.1) is 0 Å². The zero-order valence-corrected chi connectivity index (χ0v) is 10.5. The summed E-state index contributed by atoms with van der Waals surface area (Å²) in [6.45, 7) is 6.84. The largest absolute Gasteiger partial charge is 0.369 e. The standard InChI is InChI=1S/C12H25N3O/c1-3-4-7-15(9-12(13)16)11-5-6-14-10(2)8-11/h10-11,14H,3-9H2,1-2H3,(H2,13,16). The Morgan fingerprint density at radius 2 is 2.31 bits per heavy atom. The van der Waals surface area contributed by atoms with Gasteiger partial charge in [0.15, 0.2) is 0 Å². The normalized spacial score (nSPS) is 25.9. The van der Waals surface area contributed by atoms with Gasteiger partial charge in [-0.3, -0.25) is 9.69 Å². The fourth-order valence-electron chi connectivity index (χ4n) is 2.39. The first kappa shape index (κ1) is 13.5. The van der Waals surface area contributed by atoms with Crippen molar-refractivity contribution >= 4 is 5.91 Å². The van der Waals surface area contributed by atoms with E-state index in [-0.39, 0.29) is 5.91 Å². The van der Waals surface area contributed by atoms with Gasteiger partial charge >= 0.3 is 0 Å². The molecule has 0 bridgehead atoms. The van der Waals surface area contributed by atoms with Gasteiger partial charge in [0, 0.05) is 12.1 Å². The zero-order chi connectivity index (χ0) is 12.0. The molecule has 1 aliphatic rings. The van der Waals surface area contributed by atoms with Gasteiger partial charge in [-0.2, -0.15) is 0 Å². The van der Waals surface area contributed by atoms with Crippen LogP contribution in [0.15, 0.2) is 0 Å². The van der Waals surface area contributed by atoms with Gasteiger partial charge in [-0.1, -0.05) is 13.3 Å². The van der Waals surface area contributed by atoms with E-state index >= 15 is 0 Å². The molecule has 0 aromatic heterocycles. The Kier molecular flexibility index (Phi) is 5.77. The first-order valence-corrected chi connectivity index (χ1v) is 6.39. The average Bonchev–Trinajstić information content (AvgIpc) is 2.23. The summed E-state index contributed by atoms with van der Waals surface area (Å²) in [5, 5.41) is 3.43. The number of nitrogens with zero attached hydrogens (tertiary/aromatic N) is 1. The molecule has 4 nitrogen and oxygen atoms in total. The molecule has 0 radical (unpaired) electrons. The van der Waals surface area contributed by atoms with Crippen LogP contribution in [0.5, 0.6) is 0 Å². The van der Waals surface area contributed by atoms with Gasteiger partial charge in [0.1, 0.15) is 0 Å². The number of carbonyl (C=O) groups is 1. The van der Waals surface area contributed by atoms with Crippen molar-refractivity contribution in [2.45, 2.75) is 51.6 Å². The molecule has 0 aromatic carbocycles. The molecule has 1 heterocycles. The number of unbranched alkanes of at least 4 members (excludes halogenated alkanes) is 1. The SMILES string of the molecule is CCCCN(CC(N)=O)C1CCNC(C)C1. The molecule has 1 fully saturated rings.